The van der Waals surface area contributed by atoms with E-state index in [1.54, 1.807) is 0 Å². The van der Waals surface area contributed by atoms with Gasteiger partial charge in [0, 0.05) is 18.8 Å². The molecule has 2 heteroatoms. The number of hydrogen-bond donors (Lipinski definition) is 1. The van der Waals surface area contributed by atoms with E-state index < -0.39 is 0 Å². The monoisotopic (exact) mass is 220 g/mol. The fraction of sp³-hybridized carbons (Fsp3) is 0.571. The van der Waals surface area contributed by atoms with Gasteiger partial charge in [0.25, 0.3) is 0 Å². The predicted octanol–water partition coefficient (Wildman–Crippen LogP) is 2.90. The summed E-state index contributed by atoms with van der Waals surface area (Å²) in [5.41, 5.74) is 1.35. The highest BCUT2D eigenvalue weighted by Crippen LogP contribution is 2.13. The molecule has 0 aliphatic rings. The van der Waals surface area contributed by atoms with Crippen molar-refractivity contribution in [3.8, 4) is 0 Å². The first-order valence-electron chi connectivity index (χ1n) is 6.33. The lowest BCUT2D eigenvalue weighted by atomic mass is 10.2. The molecule has 0 aromatic heterocycles. The van der Waals surface area contributed by atoms with E-state index in [0.717, 1.165) is 13.1 Å². The third-order valence-corrected chi connectivity index (χ3v) is 2.86. The third-order valence-electron chi connectivity index (χ3n) is 2.86. The minimum absolute atomic E-state index is 1.09. The van der Waals surface area contributed by atoms with Crippen molar-refractivity contribution in [2.45, 2.75) is 26.2 Å². The fourth-order valence-electron chi connectivity index (χ4n) is 1.89. The summed E-state index contributed by atoms with van der Waals surface area (Å²) in [5, 5.41) is 3.19. The van der Waals surface area contributed by atoms with Crippen LogP contribution < -0.4 is 10.2 Å². The third kappa shape index (κ3) is 4.67. The van der Waals surface area contributed by atoms with Gasteiger partial charge >= 0.3 is 0 Å². The molecule has 0 radical (unpaired) electrons. The van der Waals surface area contributed by atoms with Crippen LogP contribution in [0.3, 0.4) is 0 Å². The predicted molar refractivity (Wildman–Crippen MR) is 72.1 cm³/mol. The van der Waals surface area contributed by atoms with Crippen LogP contribution in [0.1, 0.15) is 26.2 Å². The Kier molecular flexibility index (Phi) is 6.66. The van der Waals surface area contributed by atoms with Crippen molar-refractivity contribution < 1.29 is 0 Å². The van der Waals surface area contributed by atoms with Crippen LogP contribution in [0.25, 0.3) is 0 Å². The van der Waals surface area contributed by atoms with Crippen molar-refractivity contribution in [1.29, 1.82) is 0 Å². The summed E-state index contributed by atoms with van der Waals surface area (Å²) in [4.78, 5) is 2.44. The van der Waals surface area contributed by atoms with Gasteiger partial charge in [0.15, 0.2) is 0 Å². The number of anilines is 1. The number of hydrogen-bond acceptors (Lipinski definition) is 2. The number of unbranched alkanes of at least 4 members (excludes halogenated alkanes) is 2. The summed E-state index contributed by atoms with van der Waals surface area (Å²) >= 11 is 0. The highest BCUT2D eigenvalue weighted by molar-refractivity contribution is 5.45. The second-order valence-corrected chi connectivity index (χ2v) is 4.08. The van der Waals surface area contributed by atoms with Crippen molar-refractivity contribution in [3.63, 3.8) is 0 Å². The minimum Gasteiger partial charge on any atom is -0.372 e. The molecule has 0 aliphatic heterocycles. The Labute approximate surface area is 99.7 Å². The summed E-state index contributed by atoms with van der Waals surface area (Å²) in [6.07, 6.45) is 3.87. The van der Waals surface area contributed by atoms with Crippen LogP contribution in [-0.2, 0) is 0 Å². The maximum atomic E-state index is 3.19. The largest absolute Gasteiger partial charge is 0.372 e. The van der Waals surface area contributed by atoms with Gasteiger partial charge < -0.3 is 10.2 Å². The zero-order chi connectivity index (χ0) is 11.6. The number of benzene rings is 1. The van der Waals surface area contributed by atoms with Crippen LogP contribution in [0.15, 0.2) is 30.3 Å². The average molecular weight is 220 g/mol. The molecular weight excluding hydrogens is 196 g/mol. The molecule has 0 heterocycles. The first-order chi connectivity index (χ1) is 7.88. The van der Waals surface area contributed by atoms with Crippen molar-refractivity contribution in [3.05, 3.63) is 30.3 Å². The molecule has 0 fully saturated rings. The van der Waals surface area contributed by atoms with E-state index in [1.807, 2.05) is 7.05 Å². The number of nitrogens with zero attached hydrogens (tertiary/aromatic N) is 1. The van der Waals surface area contributed by atoms with E-state index in [0.29, 0.717) is 0 Å². The highest BCUT2D eigenvalue weighted by Gasteiger charge is 2.02. The Bertz CT molecular complexity index is 259. The molecule has 1 aromatic carbocycles. The van der Waals surface area contributed by atoms with Crippen molar-refractivity contribution in [1.82, 2.24) is 5.32 Å². The lowest BCUT2D eigenvalue weighted by Crippen LogP contribution is -2.23. The molecule has 0 atom stereocenters. The smallest absolute Gasteiger partial charge is 0.0366 e. The van der Waals surface area contributed by atoms with E-state index in [1.165, 1.54) is 31.5 Å². The summed E-state index contributed by atoms with van der Waals surface area (Å²) < 4.78 is 0. The molecule has 0 amide bonds. The Morgan fingerprint density at radius 2 is 1.81 bits per heavy atom. The zero-order valence-corrected chi connectivity index (χ0v) is 10.6. The van der Waals surface area contributed by atoms with E-state index in [4.69, 9.17) is 0 Å². The number of para-hydroxylation sites is 1. The topological polar surface area (TPSA) is 15.3 Å². The summed E-state index contributed by atoms with van der Waals surface area (Å²) in [5.74, 6) is 0. The van der Waals surface area contributed by atoms with E-state index in [-0.39, 0.29) is 0 Å². The number of rotatable bonds is 8. The Morgan fingerprint density at radius 1 is 1.06 bits per heavy atom. The number of nitrogens with one attached hydrogen (secondary N) is 1. The molecule has 0 saturated heterocycles. The van der Waals surface area contributed by atoms with Crippen LogP contribution in [0.4, 0.5) is 5.69 Å². The van der Waals surface area contributed by atoms with Crippen molar-refractivity contribution in [2.75, 3.05) is 31.6 Å². The molecule has 0 saturated carbocycles. The van der Waals surface area contributed by atoms with Gasteiger partial charge in [-0.2, -0.15) is 0 Å². The molecule has 1 N–H and O–H groups in total. The van der Waals surface area contributed by atoms with Gasteiger partial charge in [-0.05, 0) is 45.5 Å². The van der Waals surface area contributed by atoms with Crippen LogP contribution in [0, 0.1) is 0 Å². The summed E-state index contributed by atoms with van der Waals surface area (Å²) in [6.45, 7) is 5.62. The van der Waals surface area contributed by atoms with Gasteiger partial charge in [0.2, 0.25) is 0 Å². The molecule has 0 unspecified atom stereocenters. The molecular formula is C14H24N2. The molecule has 90 valence electrons. The van der Waals surface area contributed by atoms with Crippen LogP contribution in [0.5, 0.6) is 0 Å². The SMILES string of the molecule is CCN(CCCCCNC)c1ccccc1. The molecule has 1 aromatic rings. The van der Waals surface area contributed by atoms with Gasteiger partial charge in [-0.25, -0.2) is 0 Å². The molecule has 1 rings (SSSR count). The van der Waals surface area contributed by atoms with Gasteiger partial charge in [0.1, 0.15) is 0 Å². The minimum atomic E-state index is 1.09. The van der Waals surface area contributed by atoms with Gasteiger partial charge in [-0.1, -0.05) is 24.6 Å². The van der Waals surface area contributed by atoms with Crippen molar-refractivity contribution in [2.24, 2.45) is 0 Å². The molecule has 2 nitrogen and oxygen atoms in total. The first kappa shape index (κ1) is 13.0. The van der Waals surface area contributed by atoms with Crippen LogP contribution >= 0.6 is 0 Å². The van der Waals surface area contributed by atoms with Gasteiger partial charge in [-0.15, -0.1) is 0 Å². The average Bonchev–Trinajstić information content (AvgIpc) is 2.35. The zero-order valence-electron chi connectivity index (χ0n) is 10.6. The van der Waals surface area contributed by atoms with E-state index in [2.05, 4.69) is 47.5 Å². The summed E-state index contributed by atoms with van der Waals surface area (Å²) in [6, 6.07) is 10.7. The fourth-order valence-corrected chi connectivity index (χ4v) is 1.89. The standard InChI is InChI=1S/C14H24N2/c1-3-16(13-9-5-8-12-15-2)14-10-6-4-7-11-14/h4,6-7,10-11,15H,3,5,8-9,12-13H2,1-2H3. The van der Waals surface area contributed by atoms with Gasteiger partial charge in [0.05, 0.1) is 0 Å². The maximum Gasteiger partial charge on any atom is 0.0366 e. The second-order valence-electron chi connectivity index (χ2n) is 4.08. The maximum absolute atomic E-state index is 3.19. The quantitative estimate of drug-likeness (QED) is 0.678. The van der Waals surface area contributed by atoms with E-state index >= 15 is 0 Å². The Morgan fingerprint density at radius 3 is 2.44 bits per heavy atom. The second kappa shape index (κ2) is 8.17. The molecule has 16 heavy (non-hydrogen) atoms. The lowest BCUT2D eigenvalue weighted by molar-refractivity contribution is 0.631. The van der Waals surface area contributed by atoms with E-state index in [9.17, 15) is 0 Å². The van der Waals surface area contributed by atoms with Gasteiger partial charge in [-0.3, -0.25) is 0 Å². The highest BCUT2D eigenvalue weighted by atomic mass is 15.1. The first-order valence-corrected chi connectivity index (χ1v) is 6.33. The van der Waals surface area contributed by atoms with Crippen LogP contribution in [-0.4, -0.2) is 26.7 Å². The Balaban J connectivity index is 2.27. The van der Waals surface area contributed by atoms with Crippen LogP contribution in [0.2, 0.25) is 0 Å². The summed E-state index contributed by atoms with van der Waals surface area (Å²) in [7, 11) is 2.02. The normalized spacial score (nSPS) is 10.4. The Hall–Kier alpha value is -1.02. The molecule has 0 bridgehead atoms. The lowest BCUT2D eigenvalue weighted by Gasteiger charge is -2.22. The molecule has 0 aliphatic carbocycles. The molecule has 0 spiro atoms. The van der Waals surface area contributed by atoms with Crippen molar-refractivity contribution >= 4 is 5.69 Å².